The zero-order chi connectivity index (χ0) is 17.0. The van der Waals surface area contributed by atoms with Gasteiger partial charge in [-0.3, -0.25) is 4.79 Å². The maximum absolute atomic E-state index is 11.8. The molecule has 0 unspecified atom stereocenters. The van der Waals surface area contributed by atoms with Crippen LogP contribution < -0.4 is 5.32 Å². The lowest BCUT2D eigenvalue weighted by molar-refractivity contribution is -0.111. The number of aromatic hydroxyl groups is 1. The SMILES string of the molecule is O=C(/C=C/c1ccc(Cl)c(Cl)c1)Nc1ccc(C(=O)O)cc1O. The van der Waals surface area contributed by atoms with Crippen molar-refractivity contribution in [1.82, 2.24) is 0 Å². The maximum Gasteiger partial charge on any atom is 0.335 e. The summed E-state index contributed by atoms with van der Waals surface area (Å²) in [5.41, 5.74) is 0.714. The second-order valence-electron chi connectivity index (χ2n) is 4.53. The molecule has 23 heavy (non-hydrogen) atoms. The first-order chi connectivity index (χ1) is 10.9. The Morgan fingerprint density at radius 2 is 1.78 bits per heavy atom. The smallest absolute Gasteiger partial charge is 0.335 e. The summed E-state index contributed by atoms with van der Waals surface area (Å²) in [6.45, 7) is 0. The van der Waals surface area contributed by atoms with Gasteiger partial charge in [-0.15, -0.1) is 0 Å². The van der Waals surface area contributed by atoms with Gasteiger partial charge in [0.2, 0.25) is 5.91 Å². The number of amides is 1. The number of phenolic OH excluding ortho intramolecular Hbond substituents is 1. The molecule has 0 aliphatic carbocycles. The molecule has 3 N–H and O–H groups in total. The molecule has 0 heterocycles. The Balaban J connectivity index is 2.08. The van der Waals surface area contributed by atoms with Gasteiger partial charge in [0.25, 0.3) is 0 Å². The number of carboxylic acids is 1. The van der Waals surface area contributed by atoms with E-state index in [4.69, 9.17) is 28.3 Å². The summed E-state index contributed by atoms with van der Waals surface area (Å²) in [5.74, 6) is -1.99. The van der Waals surface area contributed by atoms with E-state index in [0.717, 1.165) is 6.07 Å². The summed E-state index contributed by atoms with van der Waals surface area (Å²) >= 11 is 11.7. The van der Waals surface area contributed by atoms with Crippen molar-refractivity contribution in [1.29, 1.82) is 0 Å². The van der Waals surface area contributed by atoms with Gasteiger partial charge in [-0.2, -0.15) is 0 Å². The predicted molar refractivity (Wildman–Crippen MR) is 89.2 cm³/mol. The van der Waals surface area contributed by atoms with E-state index >= 15 is 0 Å². The lowest BCUT2D eigenvalue weighted by Crippen LogP contribution is -2.08. The van der Waals surface area contributed by atoms with Crippen LogP contribution in [-0.4, -0.2) is 22.1 Å². The van der Waals surface area contributed by atoms with Crippen molar-refractivity contribution < 1.29 is 19.8 Å². The molecule has 0 atom stereocenters. The monoisotopic (exact) mass is 351 g/mol. The number of nitrogens with one attached hydrogen (secondary N) is 1. The molecule has 0 saturated carbocycles. The van der Waals surface area contributed by atoms with Crippen molar-refractivity contribution in [2.24, 2.45) is 0 Å². The molecule has 0 aromatic heterocycles. The molecular formula is C16H11Cl2NO4. The molecule has 7 heteroatoms. The van der Waals surface area contributed by atoms with Gasteiger partial charge in [0, 0.05) is 6.08 Å². The first kappa shape index (κ1) is 16.9. The normalized spacial score (nSPS) is 10.7. The molecule has 0 fully saturated rings. The van der Waals surface area contributed by atoms with Crippen LogP contribution in [0.2, 0.25) is 10.0 Å². The molecule has 2 rings (SSSR count). The van der Waals surface area contributed by atoms with Gasteiger partial charge in [-0.1, -0.05) is 29.3 Å². The predicted octanol–water partition coefficient (Wildman–Crippen LogP) is 4.05. The van der Waals surface area contributed by atoms with Crippen LogP contribution in [0.1, 0.15) is 15.9 Å². The van der Waals surface area contributed by atoms with E-state index in [1.165, 1.54) is 24.3 Å². The van der Waals surface area contributed by atoms with Crippen LogP contribution in [-0.2, 0) is 4.79 Å². The minimum atomic E-state index is -1.17. The van der Waals surface area contributed by atoms with Gasteiger partial charge in [-0.25, -0.2) is 4.79 Å². The minimum absolute atomic E-state index is 0.0770. The Morgan fingerprint density at radius 1 is 1.04 bits per heavy atom. The van der Waals surface area contributed by atoms with Gasteiger partial charge in [0.05, 0.1) is 21.3 Å². The summed E-state index contributed by atoms with van der Waals surface area (Å²) in [5, 5.41) is 21.7. The first-order valence-corrected chi connectivity index (χ1v) is 7.13. The Hall–Kier alpha value is -2.50. The summed E-state index contributed by atoms with van der Waals surface area (Å²) in [6, 6.07) is 8.55. The van der Waals surface area contributed by atoms with Crippen LogP contribution in [0.4, 0.5) is 5.69 Å². The Kier molecular flexibility index (Phi) is 5.26. The third-order valence-electron chi connectivity index (χ3n) is 2.87. The van der Waals surface area contributed by atoms with Crippen molar-refractivity contribution in [3.05, 3.63) is 63.6 Å². The van der Waals surface area contributed by atoms with Crippen molar-refractivity contribution >= 4 is 46.8 Å². The fraction of sp³-hybridized carbons (Fsp3) is 0. The van der Waals surface area contributed by atoms with Gasteiger partial charge < -0.3 is 15.5 Å². The molecule has 0 radical (unpaired) electrons. The number of carboxylic acid groups (broad SMARTS) is 1. The molecule has 0 saturated heterocycles. The van der Waals surface area contributed by atoms with E-state index in [9.17, 15) is 14.7 Å². The number of hydrogen-bond acceptors (Lipinski definition) is 3. The van der Waals surface area contributed by atoms with Crippen molar-refractivity contribution in [3.8, 4) is 5.75 Å². The van der Waals surface area contributed by atoms with Gasteiger partial charge in [-0.05, 0) is 42.0 Å². The molecule has 0 bridgehead atoms. The number of aromatic carboxylic acids is 1. The van der Waals surface area contributed by atoms with Crippen LogP contribution >= 0.6 is 23.2 Å². The topological polar surface area (TPSA) is 86.6 Å². The molecule has 2 aromatic rings. The van der Waals surface area contributed by atoms with Crippen LogP contribution in [0.15, 0.2) is 42.5 Å². The Bertz CT molecular complexity index is 803. The largest absolute Gasteiger partial charge is 0.506 e. The zero-order valence-electron chi connectivity index (χ0n) is 11.6. The summed E-state index contributed by atoms with van der Waals surface area (Å²) in [6.07, 6.45) is 2.78. The second kappa shape index (κ2) is 7.17. The van der Waals surface area contributed by atoms with Crippen molar-refractivity contribution in [2.75, 3.05) is 5.32 Å². The fourth-order valence-electron chi connectivity index (χ4n) is 1.73. The Labute approximate surface area is 141 Å². The molecule has 2 aromatic carbocycles. The highest BCUT2D eigenvalue weighted by molar-refractivity contribution is 6.42. The van der Waals surface area contributed by atoms with Gasteiger partial charge in [0.1, 0.15) is 5.75 Å². The second-order valence-corrected chi connectivity index (χ2v) is 5.35. The van der Waals surface area contributed by atoms with E-state index in [1.54, 1.807) is 18.2 Å². The first-order valence-electron chi connectivity index (χ1n) is 6.37. The number of hydrogen-bond donors (Lipinski definition) is 3. The third-order valence-corrected chi connectivity index (χ3v) is 3.61. The summed E-state index contributed by atoms with van der Waals surface area (Å²) < 4.78 is 0. The quantitative estimate of drug-likeness (QED) is 0.572. The maximum atomic E-state index is 11.8. The van der Waals surface area contributed by atoms with Crippen LogP contribution in [0.3, 0.4) is 0 Å². The molecule has 118 valence electrons. The highest BCUT2D eigenvalue weighted by Gasteiger charge is 2.09. The summed E-state index contributed by atoms with van der Waals surface area (Å²) in [7, 11) is 0. The molecule has 0 spiro atoms. The van der Waals surface area contributed by atoms with E-state index in [-0.39, 0.29) is 17.0 Å². The minimum Gasteiger partial charge on any atom is -0.506 e. The molecular weight excluding hydrogens is 341 g/mol. The number of halogens is 2. The average molecular weight is 352 g/mol. The molecule has 1 amide bonds. The number of carbonyl (C=O) groups is 2. The lowest BCUT2D eigenvalue weighted by atomic mass is 10.2. The number of rotatable bonds is 4. The highest BCUT2D eigenvalue weighted by atomic mass is 35.5. The van der Waals surface area contributed by atoms with Gasteiger partial charge >= 0.3 is 5.97 Å². The lowest BCUT2D eigenvalue weighted by Gasteiger charge is -2.06. The summed E-state index contributed by atoms with van der Waals surface area (Å²) in [4.78, 5) is 22.6. The number of benzene rings is 2. The molecule has 0 aliphatic heterocycles. The number of anilines is 1. The Morgan fingerprint density at radius 3 is 2.39 bits per heavy atom. The van der Waals surface area contributed by atoms with Crippen molar-refractivity contribution in [2.45, 2.75) is 0 Å². The molecule has 0 aliphatic rings. The van der Waals surface area contributed by atoms with E-state index in [0.29, 0.717) is 15.6 Å². The molecule has 5 nitrogen and oxygen atoms in total. The number of carbonyl (C=O) groups excluding carboxylic acids is 1. The van der Waals surface area contributed by atoms with E-state index < -0.39 is 11.9 Å². The standard InChI is InChI=1S/C16H11Cl2NO4/c17-11-4-1-9(7-12(11)18)2-6-15(21)19-13-5-3-10(16(22)23)8-14(13)20/h1-8,20H,(H,19,21)(H,22,23)/b6-2+. The third kappa shape index (κ3) is 4.48. The number of phenols is 1. The van der Waals surface area contributed by atoms with Crippen molar-refractivity contribution in [3.63, 3.8) is 0 Å². The van der Waals surface area contributed by atoms with Crippen LogP contribution in [0, 0.1) is 0 Å². The van der Waals surface area contributed by atoms with Crippen LogP contribution in [0.5, 0.6) is 5.75 Å². The fourth-order valence-corrected chi connectivity index (χ4v) is 2.04. The van der Waals surface area contributed by atoms with E-state index in [1.807, 2.05) is 0 Å². The zero-order valence-corrected chi connectivity index (χ0v) is 13.1. The van der Waals surface area contributed by atoms with Gasteiger partial charge in [0.15, 0.2) is 0 Å². The van der Waals surface area contributed by atoms with E-state index in [2.05, 4.69) is 5.32 Å². The highest BCUT2D eigenvalue weighted by Crippen LogP contribution is 2.25. The van der Waals surface area contributed by atoms with Crippen LogP contribution in [0.25, 0.3) is 6.08 Å². The average Bonchev–Trinajstić information content (AvgIpc) is 2.50.